The molecule has 2 aromatic carbocycles. The van der Waals surface area contributed by atoms with E-state index in [0.717, 1.165) is 12.1 Å². The minimum Gasteiger partial charge on any atom is -0.320 e. The van der Waals surface area contributed by atoms with Gasteiger partial charge in [-0.3, -0.25) is 19.6 Å². The fraction of sp³-hybridized carbons (Fsp3) is 0.0667. The van der Waals surface area contributed by atoms with Gasteiger partial charge in [0.25, 0.3) is 5.69 Å². The lowest BCUT2D eigenvalue weighted by Crippen LogP contribution is -2.20. The van der Waals surface area contributed by atoms with Gasteiger partial charge in [-0.15, -0.1) is 0 Å². The summed E-state index contributed by atoms with van der Waals surface area (Å²) >= 11 is 0. The van der Waals surface area contributed by atoms with Crippen molar-refractivity contribution in [3.05, 3.63) is 64.3 Å². The molecule has 0 aliphatic heterocycles. The Kier molecular flexibility index (Phi) is 3.90. The molecule has 0 aliphatic carbocycles. The summed E-state index contributed by atoms with van der Waals surface area (Å²) in [6.07, 6.45) is 1.44. The van der Waals surface area contributed by atoms with Crippen LogP contribution in [0.25, 0.3) is 10.9 Å². The highest BCUT2D eigenvalue weighted by Crippen LogP contribution is 2.21. The number of hydrogen-bond donors (Lipinski definition) is 1. The summed E-state index contributed by atoms with van der Waals surface area (Å²) < 4.78 is 28.3. The SMILES string of the molecule is O=C(Cn1ncc2ccc([N+](=O)[O-])cc21)Nc1c(F)cccc1F. The third kappa shape index (κ3) is 2.91. The molecule has 1 amide bonds. The van der Waals surface area contributed by atoms with Gasteiger partial charge in [-0.1, -0.05) is 6.07 Å². The highest BCUT2D eigenvalue weighted by molar-refractivity contribution is 5.92. The van der Waals surface area contributed by atoms with E-state index < -0.39 is 28.2 Å². The Labute approximate surface area is 133 Å². The van der Waals surface area contributed by atoms with Gasteiger partial charge in [-0.25, -0.2) is 8.78 Å². The number of rotatable bonds is 4. The van der Waals surface area contributed by atoms with Gasteiger partial charge in [0.15, 0.2) is 0 Å². The molecule has 0 atom stereocenters. The van der Waals surface area contributed by atoms with Crippen LogP contribution in [0.3, 0.4) is 0 Å². The van der Waals surface area contributed by atoms with E-state index in [9.17, 15) is 23.7 Å². The average Bonchev–Trinajstić information content (AvgIpc) is 2.93. The van der Waals surface area contributed by atoms with Crippen LogP contribution in [0.4, 0.5) is 20.2 Å². The van der Waals surface area contributed by atoms with E-state index in [4.69, 9.17) is 0 Å². The Morgan fingerprint density at radius 2 is 1.96 bits per heavy atom. The molecule has 0 saturated heterocycles. The van der Waals surface area contributed by atoms with Crippen molar-refractivity contribution in [3.63, 3.8) is 0 Å². The number of nitrogens with zero attached hydrogens (tertiary/aromatic N) is 3. The molecule has 0 saturated carbocycles. The molecule has 9 heteroatoms. The third-order valence-electron chi connectivity index (χ3n) is 3.36. The Morgan fingerprint density at radius 1 is 1.25 bits per heavy atom. The lowest BCUT2D eigenvalue weighted by atomic mass is 10.2. The Balaban J connectivity index is 1.85. The molecule has 7 nitrogen and oxygen atoms in total. The van der Waals surface area contributed by atoms with Gasteiger partial charge in [-0.05, 0) is 18.2 Å². The number of amides is 1. The standard InChI is InChI=1S/C15H10F2N4O3/c16-11-2-1-3-12(17)15(11)19-14(22)8-20-13-6-10(21(23)24)5-4-9(13)7-18-20/h1-7H,8H2,(H,19,22). The molecule has 0 radical (unpaired) electrons. The normalized spacial score (nSPS) is 10.8. The summed E-state index contributed by atoms with van der Waals surface area (Å²) in [4.78, 5) is 22.3. The summed E-state index contributed by atoms with van der Waals surface area (Å²) in [6, 6.07) is 7.32. The van der Waals surface area contributed by atoms with Gasteiger partial charge in [0.1, 0.15) is 23.9 Å². The van der Waals surface area contributed by atoms with Crippen molar-refractivity contribution in [2.24, 2.45) is 0 Å². The molecule has 1 heterocycles. The van der Waals surface area contributed by atoms with Crippen LogP contribution in [0.15, 0.2) is 42.6 Å². The van der Waals surface area contributed by atoms with E-state index >= 15 is 0 Å². The van der Waals surface area contributed by atoms with Crippen LogP contribution in [-0.4, -0.2) is 20.6 Å². The van der Waals surface area contributed by atoms with Crippen molar-refractivity contribution in [2.75, 3.05) is 5.32 Å². The number of fused-ring (bicyclic) bond motifs is 1. The van der Waals surface area contributed by atoms with Crippen molar-refractivity contribution < 1.29 is 18.5 Å². The zero-order valence-electron chi connectivity index (χ0n) is 12.1. The number of carbonyl (C=O) groups excluding carboxylic acids is 1. The molecule has 3 rings (SSSR count). The molecular weight excluding hydrogens is 322 g/mol. The predicted molar refractivity (Wildman–Crippen MR) is 81.4 cm³/mol. The second-order valence-electron chi connectivity index (χ2n) is 4.95. The van der Waals surface area contributed by atoms with Crippen molar-refractivity contribution in [2.45, 2.75) is 6.54 Å². The number of halogens is 2. The molecule has 3 aromatic rings. The maximum absolute atomic E-state index is 13.5. The van der Waals surface area contributed by atoms with Gasteiger partial charge in [-0.2, -0.15) is 5.10 Å². The zero-order chi connectivity index (χ0) is 17.3. The maximum atomic E-state index is 13.5. The average molecular weight is 332 g/mol. The first kappa shape index (κ1) is 15.5. The van der Waals surface area contributed by atoms with Gasteiger partial charge >= 0.3 is 0 Å². The van der Waals surface area contributed by atoms with Gasteiger partial charge in [0.05, 0.1) is 16.6 Å². The Morgan fingerprint density at radius 3 is 2.62 bits per heavy atom. The van der Waals surface area contributed by atoms with Gasteiger partial charge in [0, 0.05) is 17.5 Å². The number of aromatic nitrogens is 2. The second kappa shape index (κ2) is 6.03. The predicted octanol–water partition coefficient (Wildman–Crippen LogP) is 2.86. The van der Waals surface area contributed by atoms with E-state index in [0.29, 0.717) is 10.9 Å². The van der Waals surface area contributed by atoms with Crippen molar-refractivity contribution in [3.8, 4) is 0 Å². The van der Waals surface area contributed by atoms with E-state index in [2.05, 4.69) is 10.4 Å². The number of anilines is 1. The van der Waals surface area contributed by atoms with Gasteiger partial charge < -0.3 is 5.32 Å². The first-order valence-corrected chi connectivity index (χ1v) is 6.79. The third-order valence-corrected chi connectivity index (χ3v) is 3.36. The summed E-state index contributed by atoms with van der Waals surface area (Å²) in [5.41, 5.74) is -0.330. The monoisotopic (exact) mass is 332 g/mol. The number of non-ortho nitro benzene ring substituents is 1. The lowest BCUT2D eigenvalue weighted by Gasteiger charge is -2.08. The summed E-state index contributed by atoms with van der Waals surface area (Å²) in [5.74, 6) is -2.51. The van der Waals surface area contributed by atoms with E-state index in [-0.39, 0.29) is 12.2 Å². The number of benzene rings is 2. The zero-order valence-corrected chi connectivity index (χ0v) is 12.1. The summed E-state index contributed by atoms with van der Waals surface area (Å²) in [5, 5.41) is 17.5. The van der Waals surface area contributed by atoms with Crippen LogP contribution in [0.1, 0.15) is 0 Å². The number of nitro groups is 1. The molecule has 0 bridgehead atoms. The number of nitro benzene ring substituents is 1. The molecule has 0 fully saturated rings. The fourth-order valence-electron chi connectivity index (χ4n) is 2.23. The quantitative estimate of drug-likeness (QED) is 0.587. The second-order valence-corrected chi connectivity index (χ2v) is 4.95. The van der Waals surface area contributed by atoms with Crippen LogP contribution >= 0.6 is 0 Å². The summed E-state index contributed by atoms with van der Waals surface area (Å²) in [7, 11) is 0. The number of hydrogen-bond acceptors (Lipinski definition) is 4. The van der Waals surface area contributed by atoms with E-state index in [1.54, 1.807) is 0 Å². The highest BCUT2D eigenvalue weighted by atomic mass is 19.1. The van der Waals surface area contributed by atoms with Crippen LogP contribution < -0.4 is 5.32 Å². The largest absolute Gasteiger partial charge is 0.320 e. The minimum atomic E-state index is -0.899. The first-order valence-electron chi connectivity index (χ1n) is 6.79. The van der Waals surface area contributed by atoms with Gasteiger partial charge in [0.2, 0.25) is 5.91 Å². The molecular formula is C15H10F2N4O3. The summed E-state index contributed by atoms with van der Waals surface area (Å²) in [6.45, 7) is -0.349. The van der Waals surface area contributed by atoms with Crippen molar-refractivity contribution in [1.29, 1.82) is 0 Å². The molecule has 0 unspecified atom stereocenters. The smallest absolute Gasteiger partial charge is 0.271 e. The minimum absolute atomic E-state index is 0.148. The van der Waals surface area contributed by atoms with E-state index in [1.807, 2.05) is 0 Å². The molecule has 1 aromatic heterocycles. The van der Waals surface area contributed by atoms with Crippen molar-refractivity contribution >= 4 is 28.2 Å². The fourth-order valence-corrected chi connectivity index (χ4v) is 2.23. The number of para-hydroxylation sites is 1. The van der Waals surface area contributed by atoms with E-state index in [1.165, 1.54) is 35.1 Å². The number of nitrogens with one attached hydrogen (secondary N) is 1. The van der Waals surface area contributed by atoms with Crippen LogP contribution in [0, 0.1) is 21.7 Å². The molecule has 0 aliphatic rings. The maximum Gasteiger partial charge on any atom is 0.271 e. The Hall–Kier alpha value is -3.36. The number of carbonyl (C=O) groups is 1. The highest BCUT2D eigenvalue weighted by Gasteiger charge is 2.15. The molecule has 24 heavy (non-hydrogen) atoms. The van der Waals surface area contributed by atoms with Crippen LogP contribution in [0.5, 0.6) is 0 Å². The lowest BCUT2D eigenvalue weighted by molar-refractivity contribution is -0.384. The molecule has 0 spiro atoms. The molecule has 122 valence electrons. The topological polar surface area (TPSA) is 90.1 Å². The Bertz CT molecular complexity index is 935. The molecule has 1 N–H and O–H groups in total. The van der Waals surface area contributed by atoms with Crippen LogP contribution in [0.2, 0.25) is 0 Å². The van der Waals surface area contributed by atoms with Crippen LogP contribution in [-0.2, 0) is 11.3 Å². The first-order chi connectivity index (χ1) is 11.5. The van der Waals surface area contributed by atoms with Crippen molar-refractivity contribution in [1.82, 2.24) is 9.78 Å².